The lowest BCUT2D eigenvalue weighted by molar-refractivity contribution is 0.0916. The van der Waals surface area contributed by atoms with Crippen LogP contribution in [0.1, 0.15) is 53.1 Å². The third-order valence-electron chi connectivity index (χ3n) is 5.37. The van der Waals surface area contributed by atoms with Crippen molar-refractivity contribution in [3.63, 3.8) is 0 Å². The predicted octanol–water partition coefficient (Wildman–Crippen LogP) is 3.94. The monoisotopic (exact) mass is 397 g/mol. The van der Waals surface area contributed by atoms with Crippen LogP contribution in [0.15, 0.2) is 28.8 Å². The van der Waals surface area contributed by atoms with Crippen molar-refractivity contribution in [2.45, 2.75) is 51.0 Å². The number of aromatic nitrogens is 1. The zero-order chi connectivity index (χ0) is 18.0. The van der Waals surface area contributed by atoms with Crippen LogP contribution >= 0.6 is 24.0 Å². The van der Waals surface area contributed by atoms with Crippen molar-refractivity contribution >= 4 is 29.9 Å². The van der Waals surface area contributed by atoms with Crippen LogP contribution in [0.5, 0.6) is 0 Å². The number of rotatable bonds is 4. The van der Waals surface area contributed by atoms with Gasteiger partial charge in [-0.2, -0.15) is 0 Å². The van der Waals surface area contributed by atoms with Gasteiger partial charge in [-0.3, -0.25) is 4.79 Å². The molecule has 1 aliphatic carbocycles. The van der Waals surface area contributed by atoms with Crippen LogP contribution in [0.3, 0.4) is 0 Å². The molecule has 2 aromatic rings. The molecule has 26 heavy (non-hydrogen) atoms. The number of nitrogens with zero attached hydrogens (tertiary/aromatic N) is 1. The van der Waals surface area contributed by atoms with Crippen LogP contribution in [0.4, 0.5) is 0 Å². The van der Waals surface area contributed by atoms with Crippen molar-refractivity contribution in [3.8, 4) is 0 Å². The third-order valence-corrected chi connectivity index (χ3v) is 5.60. The molecular formula is C19H25Cl2N3O2. The average molecular weight is 398 g/mol. The zero-order valence-electron chi connectivity index (χ0n) is 15.0. The van der Waals surface area contributed by atoms with Crippen molar-refractivity contribution in [2.75, 3.05) is 6.54 Å². The summed E-state index contributed by atoms with van der Waals surface area (Å²) in [6.07, 6.45) is 3.63. The van der Waals surface area contributed by atoms with Gasteiger partial charge in [-0.05, 0) is 57.2 Å². The number of carbonyl (C=O) groups is 1. The summed E-state index contributed by atoms with van der Waals surface area (Å²) in [5, 5.41) is 7.71. The van der Waals surface area contributed by atoms with E-state index in [-0.39, 0.29) is 29.8 Å². The number of hydrogen-bond acceptors (Lipinski definition) is 4. The molecule has 0 aliphatic heterocycles. The molecule has 0 saturated heterocycles. The third kappa shape index (κ3) is 4.05. The summed E-state index contributed by atoms with van der Waals surface area (Å²) in [5.74, 6) is 0.449. The molecule has 142 valence electrons. The van der Waals surface area contributed by atoms with Gasteiger partial charge in [0.25, 0.3) is 5.91 Å². The molecule has 0 bridgehead atoms. The minimum atomic E-state index is -0.107. The lowest BCUT2D eigenvalue weighted by Gasteiger charge is -2.40. The number of benzene rings is 1. The van der Waals surface area contributed by atoms with E-state index in [0.717, 1.165) is 30.7 Å². The van der Waals surface area contributed by atoms with Gasteiger partial charge in [0.1, 0.15) is 11.3 Å². The molecule has 0 radical (unpaired) electrons. The summed E-state index contributed by atoms with van der Waals surface area (Å²) < 4.78 is 5.09. The number of nitrogens with two attached hydrogens (primary N) is 1. The second-order valence-corrected chi connectivity index (χ2v) is 7.38. The zero-order valence-corrected chi connectivity index (χ0v) is 16.6. The van der Waals surface area contributed by atoms with Gasteiger partial charge in [0.2, 0.25) is 0 Å². The molecule has 1 heterocycles. The summed E-state index contributed by atoms with van der Waals surface area (Å²) in [6.45, 7) is 4.12. The first-order valence-corrected chi connectivity index (χ1v) is 9.03. The fourth-order valence-electron chi connectivity index (χ4n) is 3.81. The Morgan fingerprint density at radius 1 is 1.38 bits per heavy atom. The first kappa shape index (κ1) is 20.7. The fourth-order valence-corrected chi connectivity index (χ4v) is 4.00. The van der Waals surface area contributed by atoms with E-state index in [4.69, 9.17) is 21.9 Å². The fraction of sp³-hybridized carbons (Fsp3) is 0.474. The molecule has 1 aromatic heterocycles. The highest BCUT2D eigenvalue weighted by Gasteiger charge is 2.36. The molecule has 0 unspecified atom stereocenters. The Morgan fingerprint density at radius 2 is 2.08 bits per heavy atom. The summed E-state index contributed by atoms with van der Waals surface area (Å²) in [7, 11) is 0. The Kier molecular flexibility index (Phi) is 6.72. The van der Waals surface area contributed by atoms with E-state index < -0.39 is 0 Å². The molecule has 1 fully saturated rings. The van der Waals surface area contributed by atoms with E-state index in [0.29, 0.717) is 23.6 Å². The minimum absolute atomic E-state index is 0. The van der Waals surface area contributed by atoms with Crippen LogP contribution in [-0.4, -0.2) is 23.7 Å². The Balaban J connectivity index is 0.00000243. The molecule has 0 spiro atoms. The van der Waals surface area contributed by atoms with Crippen LogP contribution in [0.25, 0.3) is 0 Å². The second kappa shape index (κ2) is 8.42. The van der Waals surface area contributed by atoms with Crippen LogP contribution < -0.4 is 11.1 Å². The van der Waals surface area contributed by atoms with Crippen LogP contribution in [0, 0.1) is 13.8 Å². The van der Waals surface area contributed by atoms with Crippen molar-refractivity contribution in [3.05, 3.63) is 51.9 Å². The molecule has 3 rings (SSSR count). The van der Waals surface area contributed by atoms with E-state index in [9.17, 15) is 4.79 Å². The first-order valence-electron chi connectivity index (χ1n) is 8.65. The summed E-state index contributed by atoms with van der Waals surface area (Å²) in [4.78, 5) is 12.5. The standard InChI is InChI=1S/C19H24ClN3O2.ClH/c1-12-17(13(2)25-23-12)18(24)22-16-6-8-19(11-21,9-7-16)14-4-3-5-15(20)10-14;/h3-5,10,16H,6-9,11,21H2,1-2H3,(H,22,24);1H/t16-,19-;. The maximum Gasteiger partial charge on any atom is 0.257 e. The SMILES string of the molecule is Cc1noc(C)c1C(=O)N[C@H]1CC[C@](CN)(c2cccc(Cl)c2)CC1.Cl. The molecule has 3 N–H and O–H groups in total. The van der Waals surface area contributed by atoms with Gasteiger partial charge in [0.15, 0.2) is 0 Å². The Hall–Kier alpha value is -1.56. The predicted molar refractivity (Wildman–Crippen MR) is 105 cm³/mol. The number of nitrogens with one attached hydrogen (secondary N) is 1. The second-order valence-electron chi connectivity index (χ2n) is 6.94. The Labute approximate surface area is 165 Å². The van der Waals surface area contributed by atoms with E-state index in [1.54, 1.807) is 13.8 Å². The molecular weight excluding hydrogens is 373 g/mol. The number of amides is 1. The van der Waals surface area contributed by atoms with Crippen molar-refractivity contribution in [2.24, 2.45) is 5.73 Å². The Bertz CT molecular complexity index is 748. The number of hydrogen-bond donors (Lipinski definition) is 2. The maximum absolute atomic E-state index is 12.5. The molecule has 1 amide bonds. The maximum atomic E-state index is 12.5. The van der Waals surface area contributed by atoms with E-state index in [1.165, 1.54) is 5.56 Å². The van der Waals surface area contributed by atoms with Crippen molar-refractivity contribution in [1.29, 1.82) is 0 Å². The molecule has 5 nitrogen and oxygen atoms in total. The van der Waals surface area contributed by atoms with Crippen LogP contribution in [-0.2, 0) is 5.41 Å². The lowest BCUT2D eigenvalue weighted by atomic mass is 9.68. The highest BCUT2D eigenvalue weighted by molar-refractivity contribution is 6.30. The highest BCUT2D eigenvalue weighted by atomic mass is 35.5. The number of halogens is 2. The largest absolute Gasteiger partial charge is 0.361 e. The Morgan fingerprint density at radius 3 is 2.62 bits per heavy atom. The van der Waals surface area contributed by atoms with Crippen LogP contribution in [0.2, 0.25) is 5.02 Å². The minimum Gasteiger partial charge on any atom is -0.361 e. The lowest BCUT2D eigenvalue weighted by Crippen LogP contribution is -2.45. The summed E-state index contributed by atoms with van der Waals surface area (Å²) in [6, 6.07) is 8.10. The van der Waals surface area contributed by atoms with Crippen molar-refractivity contribution in [1.82, 2.24) is 10.5 Å². The molecule has 1 aromatic carbocycles. The molecule has 1 aliphatic rings. The quantitative estimate of drug-likeness (QED) is 0.818. The molecule has 7 heteroatoms. The van der Waals surface area contributed by atoms with Gasteiger partial charge in [-0.1, -0.05) is 28.9 Å². The summed E-state index contributed by atoms with van der Waals surface area (Å²) in [5.41, 5.74) is 8.44. The van der Waals surface area contributed by atoms with Gasteiger partial charge in [-0.15, -0.1) is 12.4 Å². The van der Waals surface area contributed by atoms with Gasteiger partial charge in [-0.25, -0.2) is 0 Å². The summed E-state index contributed by atoms with van der Waals surface area (Å²) >= 11 is 6.15. The van der Waals surface area contributed by atoms with Gasteiger partial charge in [0, 0.05) is 23.0 Å². The number of carbonyl (C=O) groups excluding carboxylic acids is 1. The van der Waals surface area contributed by atoms with Gasteiger partial charge >= 0.3 is 0 Å². The highest BCUT2D eigenvalue weighted by Crippen LogP contribution is 2.39. The molecule has 0 atom stereocenters. The first-order chi connectivity index (χ1) is 11.9. The smallest absolute Gasteiger partial charge is 0.257 e. The molecule has 1 saturated carbocycles. The van der Waals surface area contributed by atoms with Crippen molar-refractivity contribution < 1.29 is 9.32 Å². The normalized spacial score (nSPS) is 22.5. The van der Waals surface area contributed by atoms with E-state index in [1.807, 2.05) is 18.2 Å². The van der Waals surface area contributed by atoms with E-state index >= 15 is 0 Å². The number of aryl methyl sites for hydroxylation is 2. The topological polar surface area (TPSA) is 81.2 Å². The van der Waals surface area contributed by atoms with Gasteiger partial charge < -0.3 is 15.6 Å². The average Bonchev–Trinajstić information content (AvgIpc) is 2.94. The van der Waals surface area contributed by atoms with Gasteiger partial charge in [0.05, 0.1) is 5.69 Å². The van der Waals surface area contributed by atoms with E-state index in [2.05, 4.69) is 16.5 Å².